The zero-order valence-corrected chi connectivity index (χ0v) is 54.5. The topological polar surface area (TPSA) is 78.9 Å². The van der Waals surface area contributed by atoms with Crippen LogP contribution in [0.15, 0.2) is 85.1 Å². The number of allylic oxidation sites excluding steroid dienone is 14. The van der Waals surface area contributed by atoms with Crippen molar-refractivity contribution in [3.05, 3.63) is 85.1 Å². The summed E-state index contributed by atoms with van der Waals surface area (Å²) in [7, 11) is 0. The van der Waals surface area contributed by atoms with Crippen molar-refractivity contribution in [3.8, 4) is 0 Å². The van der Waals surface area contributed by atoms with Gasteiger partial charge in [-0.3, -0.25) is 14.4 Å². The monoisotopic (exact) mass is 1140 g/mol. The molecule has 0 aliphatic rings. The normalized spacial score (nSPS) is 12.6. The van der Waals surface area contributed by atoms with Crippen molar-refractivity contribution in [1.29, 1.82) is 0 Å². The largest absolute Gasteiger partial charge is 0.462 e. The highest BCUT2D eigenvalue weighted by Crippen LogP contribution is 2.18. The number of hydrogen-bond donors (Lipinski definition) is 0. The van der Waals surface area contributed by atoms with E-state index in [1.165, 1.54) is 225 Å². The molecule has 0 aromatic carbocycles. The first-order valence-corrected chi connectivity index (χ1v) is 35.6. The van der Waals surface area contributed by atoms with Crippen molar-refractivity contribution < 1.29 is 28.6 Å². The van der Waals surface area contributed by atoms with E-state index in [0.29, 0.717) is 19.3 Å². The predicted molar refractivity (Wildman–Crippen MR) is 358 cm³/mol. The van der Waals surface area contributed by atoms with Crippen molar-refractivity contribution in [2.75, 3.05) is 13.2 Å². The number of carbonyl (C=O) groups is 3. The number of ether oxygens (including phenoxy) is 3. The van der Waals surface area contributed by atoms with Gasteiger partial charge in [-0.25, -0.2) is 0 Å². The molecular weight excluding hydrogens is 1010 g/mol. The summed E-state index contributed by atoms with van der Waals surface area (Å²) in [5, 5.41) is 0. The van der Waals surface area contributed by atoms with Crippen molar-refractivity contribution in [1.82, 2.24) is 0 Å². The zero-order chi connectivity index (χ0) is 59.2. The SMILES string of the molecule is CC/C=C\C/C=C\C/C=C\C/C=C\C/C=C\C/C=C\CCCCCCCCCCCCC(=O)OCC(COC(=O)CCCCCCCCCC)OC(=O)CCCCCCCCCCCCCCCCC/C=C\CCCCCCCCCC. The minimum Gasteiger partial charge on any atom is -0.462 e. The van der Waals surface area contributed by atoms with Crippen molar-refractivity contribution >= 4 is 17.9 Å². The maximum absolute atomic E-state index is 12.9. The van der Waals surface area contributed by atoms with Gasteiger partial charge in [-0.1, -0.05) is 331 Å². The quantitative estimate of drug-likeness (QED) is 0.0261. The third kappa shape index (κ3) is 67.4. The molecule has 0 saturated carbocycles. The Hall–Kier alpha value is -3.41. The standard InChI is InChI=1S/C76H134O6/c1-4-7-10-13-16-19-21-23-25-27-29-31-33-35-37-38-40-41-43-45-47-49-51-53-55-57-60-63-66-69-75(78)81-72-73(71-80-74(77)68-65-62-59-18-15-12-9-6-3)82-76(79)70-67-64-61-58-56-54-52-50-48-46-44-42-39-36-34-32-30-28-26-24-22-20-17-14-11-8-5-2/h7,10,16,19,23,25,28-31,35,37,40-41,73H,4-6,8-9,11-15,17-18,20-22,24,26-27,32-34,36,38-39,42-72H2,1-3H3/b10-7-,19-16-,25-23-,30-28-,31-29-,37-35-,41-40-. The smallest absolute Gasteiger partial charge is 0.306 e. The average molecular weight is 1140 g/mol. The van der Waals surface area contributed by atoms with Gasteiger partial charge in [0.05, 0.1) is 0 Å². The van der Waals surface area contributed by atoms with E-state index < -0.39 is 6.10 Å². The molecule has 82 heavy (non-hydrogen) atoms. The van der Waals surface area contributed by atoms with E-state index in [2.05, 4.69) is 106 Å². The van der Waals surface area contributed by atoms with Crippen LogP contribution in [0.2, 0.25) is 0 Å². The molecule has 0 saturated heterocycles. The fourth-order valence-corrected chi connectivity index (χ4v) is 10.3. The van der Waals surface area contributed by atoms with Gasteiger partial charge in [0.25, 0.3) is 0 Å². The van der Waals surface area contributed by atoms with E-state index >= 15 is 0 Å². The van der Waals surface area contributed by atoms with Crippen LogP contribution < -0.4 is 0 Å². The van der Waals surface area contributed by atoms with Gasteiger partial charge in [-0.05, 0) is 96.3 Å². The lowest BCUT2D eigenvalue weighted by atomic mass is 10.0. The highest BCUT2D eigenvalue weighted by molar-refractivity contribution is 5.71. The zero-order valence-electron chi connectivity index (χ0n) is 54.5. The molecule has 0 aliphatic heterocycles. The molecule has 0 amide bonds. The van der Waals surface area contributed by atoms with Crippen LogP contribution in [0, 0.1) is 0 Å². The Bertz CT molecular complexity index is 1550. The molecule has 0 fully saturated rings. The molecule has 0 spiro atoms. The summed E-state index contributed by atoms with van der Waals surface area (Å²) in [5.41, 5.74) is 0. The van der Waals surface area contributed by atoms with Gasteiger partial charge < -0.3 is 14.2 Å². The minimum absolute atomic E-state index is 0.0735. The van der Waals surface area contributed by atoms with Gasteiger partial charge in [0, 0.05) is 19.3 Å². The first kappa shape index (κ1) is 78.6. The Kier molecular flexibility index (Phi) is 67.2. The molecule has 6 heteroatoms. The second-order valence-electron chi connectivity index (χ2n) is 23.8. The highest BCUT2D eigenvalue weighted by atomic mass is 16.6. The lowest BCUT2D eigenvalue weighted by Gasteiger charge is -2.18. The summed E-state index contributed by atoms with van der Waals surface area (Å²) < 4.78 is 16.9. The first-order chi connectivity index (χ1) is 40.5. The molecule has 1 unspecified atom stereocenters. The Balaban J connectivity index is 4.12. The third-order valence-electron chi connectivity index (χ3n) is 15.6. The fraction of sp³-hybridized carbons (Fsp3) is 0.776. The summed E-state index contributed by atoms with van der Waals surface area (Å²) in [5.74, 6) is -0.865. The fourth-order valence-electron chi connectivity index (χ4n) is 10.3. The molecule has 0 aromatic rings. The summed E-state index contributed by atoms with van der Waals surface area (Å²) in [6.07, 6.45) is 93.5. The molecule has 474 valence electrons. The average Bonchev–Trinajstić information content (AvgIpc) is 3.47. The second kappa shape index (κ2) is 70.1. The molecule has 0 rings (SSSR count). The highest BCUT2D eigenvalue weighted by Gasteiger charge is 2.19. The van der Waals surface area contributed by atoms with Crippen LogP contribution in [0.4, 0.5) is 0 Å². The van der Waals surface area contributed by atoms with Crippen LogP contribution in [0.25, 0.3) is 0 Å². The number of unbranched alkanes of at least 4 members (excludes halogenated alkanes) is 40. The van der Waals surface area contributed by atoms with Crippen LogP contribution in [0.5, 0.6) is 0 Å². The van der Waals surface area contributed by atoms with Crippen molar-refractivity contribution in [2.45, 2.75) is 367 Å². The number of rotatable bonds is 65. The number of carbonyl (C=O) groups excluding carboxylic acids is 3. The lowest BCUT2D eigenvalue weighted by molar-refractivity contribution is -0.167. The van der Waals surface area contributed by atoms with Gasteiger partial charge in [0.1, 0.15) is 13.2 Å². The number of esters is 3. The molecule has 0 heterocycles. The van der Waals surface area contributed by atoms with Gasteiger partial charge in [0.2, 0.25) is 0 Å². The molecular formula is C76H134O6. The van der Waals surface area contributed by atoms with Crippen LogP contribution in [-0.2, 0) is 28.6 Å². The van der Waals surface area contributed by atoms with Crippen LogP contribution in [0.3, 0.4) is 0 Å². The molecule has 0 N–H and O–H groups in total. The van der Waals surface area contributed by atoms with E-state index in [-0.39, 0.29) is 31.1 Å². The van der Waals surface area contributed by atoms with Gasteiger partial charge in [-0.15, -0.1) is 0 Å². The van der Waals surface area contributed by atoms with Gasteiger partial charge >= 0.3 is 17.9 Å². The second-order valence-corrected chi connectivity index (χ2v) is 23.8. The van der Waals surface area contributed by atoms with Crippen molar-refractivity contribution in [2.24, 2.45) is 0 Å². The minimum atomic E-state index is -0.776. The van der Waals surface area contributed by atoms with E-state index in [4.69, 9.17) is 14.2 Å². The Labute approximate surface area is 509 Å². The summed E-state index contributed by atoms with van der Waals surface area (Å²) in [4.78, 5) is 38.3. The maximum Gasteiger partial charge on any atom is 0.306 e. The summed E-state index contributed by atoms with van der Waals surface area (Å²) in [6, 6.07) is 0. The van der Waals surface area contributed by atoms with E-state index in [9.17, 15) is 14.4 Å². The molecule has 0 bridgehead atoms. The van der Waals surface area contributed by atoms with Crippen LogP contribution >= 0.6 is 0 Å². The summed E-state index contributed by atoms with van der Waals surface area (Å²) in [6.45, 7) is 6.54. The molecule has 0 aliphatic carbocycles. The van der Waals surface area contributed by atoms with Crippen LogP contribution in [0.1, 0.15) is 361 Å². The Morgan fingerprint density at radius 3 is 0.756 bits per heavy atom. The van der Waals surface area contributed by atoms with E-state index in [1.807, 2.05) is 0 Å². The maximum atomic E-state index is 12.9. The predicted octanol–water partition coefficient (Wildman–Crippen LogP) is 24.6. The van der Waals surface area contributed by atoms with Crippen LogP contribution in [-0.4, -0.2) is 37.2 Å². The molecule has 1 atom stereocenters. The Morgan fingerprint density at radius 2 is 0.476 bits per heavy atom. The molecule has 0 radical (unpaired) electrons. The number of hydrogen-bond acceptors (Lipinski definition) is 6. The lowest BCUT2D eigenvalue weighted by Crippen LogP contribution is -2.30. The molecule has 0 aromatic heterocycles. The van der Waals surface area contributed by atoms with Gasteiger partial charge in [-0.2, -0.15) is 0 Å². The van der Waals surface area contributed by atoms with Gasteiger partial charge in [0.15, 0.2) is 6.10 Å². The Morgan fingerprint density at radius 1 is 0.256 bits per heavy atom. The molecule has 6 nitrogen and oxygen atoms in total. The summed E-state index contributed by atoms with van der Waals surface area (Å²) >= 11 is 0. The third-order valence-corrected chi connectivity index (χ3v) is 15.6. The first-order valence-electron chi connectivity index (χ1n) is 35.6. The van der Waals surface area contributed by atoms with E-state index in [0.717, 1.165) is 96.3 Å². The van der Waals surface area contributed by atoms with E-state index in [1.54, 1.807) is 0 Å². The van der Waals surface area contributed by atoms with Crippen molar-refractivity contribution in [3.63, 3.8) is 0 Å².